The summed E-state index contributed by atoms with van der Waals surface area (Å²) in [6, 6.07) is 22.1. The molecular formula is C29H32Cl2N2O3S. The second kappa shape index (κ2) is 12.4. The Hall–Kier alpha value is -2.38. The zero-order valence-corrected chi connectivity index (χ0v) is 23.2. The zero-order valence-electron chi connectivity index (χ0n) is 20.9. The summed E-state index contributed by atoms with van der Waals surface area (Å²) in [5.74, 6) is 0.179. The molecule has 3 aromatic rings. The summed E-state index contributed by atoms with van der Waals surface area (Å²) >= 11 is 12.3. The van der Waals surface area contributed by atoms with Gasteiger partial charge in [0.2, 0.25) is 15.9 Å². The second-order valence-electron chi connectivity index (χ2n) is 9.78. The Morgan fingerprint density at radius 2 is 1.59 bits per heavy atom. The number of sulfonamides is 1. The molecule has 1 N–H and O–H groups in total. The lowest BCUT2D eigenvalue weighted by Gasteiger charge is -2.32. The Labute approximate surface area is 229 Å². The van der Waals surface area contributed by atoms with Gasteiger partial charge in [-0.15, -0.1) is 0 Å². The summed E-state index contributed by atoms with van der Waals surface area (Å²) in [5, 5.41) is 3.56. The lowest BCUT2D eigenvalue weighted by Crippen LogP contribution is -2.38. The number of nitrogens with zero attached hydrogens (tertiary/aromatic N) is 1. The van der Waals surface area contributed by atoms with Gasteiger partial charge in [-0.2, -0.15) is 4.31 Å². The molecule has 37 heavy (non-hydrogen) atoms. The molecule has 4 rings (SSSR count). The van der Waals surface area contributed by atoms with E-state index in [-0.39, 0.29) is 34.2 Å². The SMILES string of the molecule is Cc1ccc(CNC(=O)C2CCC(CN(Cc3ccccc3)S(=O)(=O)c3ccc(Cl)cc3Cl)CC2)cc1. The summed E-state index contributed by atoms with van der Waals surface area (Å²) < 4.78 is 28.9. The number of halogens is 2. The molecule has 0 saturated heterocycles. The molecule has 1 fully saturated rings. The second-order valence-corrected chi connectivity index (χ2v) is 12.5. The molecular weight excluding hydrogens is 527 g/mol. The Balaban J connectivity index is 1.41. The first-order chi connectivity index (χ1) is 17.7. The van der Waals surface area contributed by atoms with Crippen LogP contribution in [0.2, 0.25) is 10.0 Å². The molecule has 0 unspecified atom stereocenters. The molecule has 1 aliphatic rings. The predicted octanol–water partition coefficient (Wildman–Crippen LogP) is 6.62. The number of carbonyl (C=O) groups is 1. The van der Waals surface area contributed by atoms with E-state index in [1.54, 1.807) is 6.07 Å². The van der Waals surface area contributed by atoms with Crippen molar-refractivity contribution in [1.29, 1.82) is 0 Å². The van der Waals surface area contributed by atoms with Crippen LogP contribution < -0.4 is 5.32 Å². The predicted molar refractivity (Wildman–Crippen MR) is 149 cm³/mol. The molecule has 0 aliphatic heterocycles. The first kappa shape index (κ1) is 27.6. The topological polar surface area (TPSA) is 66.5 Å². The van der Waals surface area contributed by atoms with Gasteiger partial charge in [0.15, 0.2) is 0 Å². The van der Waals surface area contributed by atoms with Crippen LogP contribution in [0.15, 0.2) is 77.7 Å². The third-order valence-electron chi connectivity index (χ3n) is 6.98. The standard InChI is InChI=1S/C29H32Cl2N2O3S/c1-21-7-9-22(10-8-21)18-32-29(34)25-13-11-24(12-14-25)20-33(19-23-5-3-2-4-6-23)37(35,36)28-16-15-26(30)17-27(28)31/h2-10,15-17,24-25H,11-14,18-20H2,1H3,(H,32,34). The van der Waals surface area contributed by atoms with Crippen molar-refractivity contribution in [1.82, 2.24) is 9.62 Å². The molecule has 0 radical (unpaired) electrons. The van der Waals surface area contributed by atoms with Crippen molar-refractivity contribution >= 4 is 39.1 Å². The normalized spacial score (nSPS) is 18.1. The summed E-state index contributed by atoms with van der Waals surface area (Å²) in [7, 11) is -3.85. The molecule has 0 bridgehead atoms. The first-order valence-corrected chi connectivity index (χ1v) is 14.7. The minimum Gasteiger partial charge on any atom is -0.352 e. The van der Waals surface area contributed by atoms with Crippen LogP contribution >= 0.6 is 23.2 Å². The van der Waals surface area contributed by atoms with Crippen LogP contribution in [0.1, 0.15) is 42.4 Å². The number of nitrogens with one attached hydrogen (secondary N) is 1. The fraction of sp³-hybridized carbons (Fsp3) is 0.345. The quantitative estimate of drug-likeness (QED) is 0.321. The van der Waals surface area contributed by atoms with Crippen molar-refractivity contribution in [2.24, 2.45) is 11.8 Å². The van der Waals surface area contributed by atoms with Gasteiger partial charge in [-0.3, -0.25) is 4.79 Å². The third kappa shape index (κ3) is 7.35. The highest BCUT2D eigenvalue weighted by Gasteiger charge is 2.32. The largest absolute Gasteiger partial charge is 0.352 e. The van der Waals surface area contributed by atoms with E-state index in [0.717, 1.165) is 36.8 Å². The highest BCUT2D eigenvalue weighted by Crippen LogP contribution is 2.33. The summed E-state index contributed by atoms with van der Waals surface area (Å²) in [6.07, 6.45) is 3.06. The minimum atomic E-state index is -3.85. The van der Waals surface area contributed by atoms with Crippen molar-refractivity contribution in [3.63, 3.8) is 0 Å². The Bertz CT molecular complexity index is 1310. The number of carbonyl (C=O) groups excluding carboxylic acids is 1. The number of hydrogen-bond donors (Lipinski definition) is 1. The number of hydrogen-bond acceptors (Lipinski definition) is 3. The van der Waals surface area contributed by atoms with Crippen molar-refractivity contribution < 1.29 is 13.2 Å². The maximum Gasteiger partial charge on any atom is 0.244 e. The third-order valence-corrected chi connectivity index (χ3v) is 9.51. The van der Waals surface area contributed by atoms with Gasteiger partial charge in [-0.1, -0.05) is 83.4 Å². The van der Waals surface area contributed by atoms with Gasteiger partial charge in [0.05, 0.1) is 5.02 Å². The molecule has 0 aromatic heterocycles. The lowest BCUT2D eigenvalue weighted by atomic mass is 9.81. The fourth-order valence-electron chi connectivity index (χ4n) is 4.79. The van der Waals surface area contributed by atoms with E-state index >= 15 is 0 Å². The van der Waals surface area contributed by atoms with E-state index in [1.165, 1.54) is 22.0 Å². The summed E-state index contributed by atoms with van der Waals surface area (Å²) in [5.41, 5.74) is 3.17. The average Bonchev–Trinajstić information content (AvgIpc) is 2.88. The van der Waals surface area contributed by atoms with Crippen LogP contribution in [0, 0.1) is 18.8 Å². The summed E-state index contributed by atoms with van der Waals surface area (Å²) in [6.45, 7) is 3.17. The lowest BCUT2D eigenvalue weighted by molar-refractivity contribution is -0.126. The van der Waals surface area contributed by atoms with Crippen LogP contribution in [0.4, 0.5) is 0 Å². The molecule has 0 atom stereocenters. The number of benzene rings is 3. The molecule has 3 aromatic carbocycles. The maximum atomic E-state index is 13.7. The van der Waals surface area contributed by atoms with Crippen molar-refractivity contribution in [3.8, 4) is 0 Å². The molecule has 8 heteroatoms. The van der Waals surface area contributed by atoms with Crippen molar-refractivity contribution in [2.45, 2.75) is 50.6 Å². The minimum absolute atomic E-state index is 0.0495. The number of aryl methyl sites for hydroxylation is 1. The smallest absolute Gasteiger partial charge is 0.244 e. The van der Waals surface area contributed by atoms with Gasteiger partial charge in [0.1, 0.15) is 4.90 Å². The van der Waals surface area contributed by atoms with Crippen molar-refractivity contribution in [3.05, 3.63) is 99.5 Å². The first-order valence-electron chi connectivity index (χ1n) is 12.5. The Morgan fingerprint density at radius 1 is 0.919 bits per heavy atom. The highest BCUT2D eigenvalue weighted by molar-refractivity contribution is 7.89. The van der Waals surface area contributed by atoms with E-state index in [1.807, 2.05) is 61.5 Å². The number of rotatable bonds is 9. The van der Waals surface area contributed by atoms with Crippen molar-refractivity contribution in [2.75, 3.05) is 6.54 Å². The van der Waals surface area contributed by atoms with Crippen LogP contribution in [0.5, 0.6) is 0 Å². The van der Waals surface area contributed by atoms with E-state index in [4.69, 9.17) is 23.2 Å². The fourth-order valence-corrected chi connectivity index (χ4v) is 7.04. The molecule has 196 valence electrons. The van der Waals surface area contributed by atoms with Crippen LogP contribution in [-0.4, -0.2) is 25.2 Å². The average molecular weight is 560 g/mol. The van der Waals surface area contributed by atoms with E-state index in [2.05, 4.69) is 5.32 Å². The van der Waals surface area contributed by atoms with Gasteiger partial charge in [-0.25, -0.2) is 8.42 Å². The van der Waals surface area contributed by atoms with E-state index in [9.17, 15) is 13.2 Å². The van der Waals surface area contributed by atoms with Gasteiger partial charge < -0.3 is 5.32 Å². The molecule has 1 saturated carbocycles. The van der Waals surface area contributed by atoms with Gasteiger partial charge in [0, 0.05) is 30.6 Å². The van der Waals surface area contributed by atoms with Crippen LogP contribution in [-0.2, 0) is 27.9 Å². The molecule has 1 aliphatic carbocycles. The molecule has 5 nitrogen and oxygen atoms in total. The number of amides is 1. The molecule has 1 amide bonds. The zero-order chi connectivity index (χ0) is 26.4. The Morgan fingerprint density at radius 3 is 2.24 bits per heavy atom. The molecule has 0 spiro atoms. The Kier molecular flexibility index (Phi) is 9.30. The van der Waals surface area contributed by atoms with E-state index < -0.39 is 10.0 Å². The van der Waals surface area contributed by atoms with Gasteiger partial charge >= 0.3 is 0 Å². The van der Waals surface area contributed by atoms with E-state index in [0.29, 0.717) is 18.1 Å². The summed E-state index contributed by atoms with van der Waals surface area (Å²) in [4.78, 5) is 12.8. The maximum absolute atomic E-state index is 13.7. The van der Waals surface area contributed by atoms with Crippen LogP contribution in [0.25, 0.3) is 0 Å². The molecule has 0 heterocycles. The van der Waals surface area contributed by atoms with Gasteiger partial charge in [0.25, 0.3) is 0 Å². The highest BCUT2D eigenvalue weighted by atomic mass is 35.5. The van der Waals surface area contributed by atoms with Crippen LogP contribution in [0.3, 0.4) is 0 Å². The van der Waals surface area contributed by atoms with Gasteiger partial charge in [-0.05, 0) is 67.9 Å². The monoisotopic (exact) mass is 558 g/mol.